The van der Waals surface area contributed by atoms with Crippen molar-refractivity contribution in [3.05, 3.63) is 29.1 Å². The molecule has 2 N–H and O–H groups in total. The van der Waals surface area contributed by atoms with Crippen molar-refractivity contribution in [1.82, 2.24) is 4.72 Å². The number of hydrogen-bond acceptors (Lipinski definition) is 3. The maximum absolute atomic E-state index is 13.5. The lowest BCUT2D eigenvalue weighted by Crippen LogP contribution is -2.28. The van der Waals surface area contributed by atoms with Gasteiger partial charge in [-0.15, -0.1) is 0 Å². The van der Waals surface area contributed by atoms with Gasteiger partial charge in [0.2, 0.25) is 10.0 Å². The number of rotatable bonds is 5. The van der Waals surface area contributed by atoms with Gasteiger partial charge in [0, 0.05) is 6.54 Å². The molecule has 0 heterocycles. The summed E-state index contributed by atoms with van der Waals surface area (Å²) in [5, 5.41) is 8.76. The number of alkyl halides is 3. The average molecular weight is 329 g/mol. The summed E-state index contributed by atoms with van der Waals surface area (Å²) >= 11 is 0. The third kappa shape index (κ3) is 4.67. The van der Waals surface area contributed by atoms with Gasteiger partial charge in [0.25, 0.3) is 0 Å². The van der Waals surface area contributed by atoms with E-state index in [2.05, 4.69) is 0 Å². The molecule has 0 saturated heterocycles. The second-order valence-corrected chi connectivity index (χ2v) is 5.94. The fourth-order valence-corrected chi connectivity index (χ4v) is 2.60. The Hall–Kier alpha value is -1.68. The van der Waals surface area contributed by atoms with Gasteiger partial charge in [0.15, 0.2) is 0 Å². The lowest BCUT2D eigenvalue weighted by Gasteiger charge is -2.10. The SMILES string of the molecule is Cc1cc(S(=O)(=O)NCCC(F)(F)F)cc(C(=O)O)c1F. The lowest BCUT2D eigenvalue weighted by atomic mass is 10.1. The van der Waals surface area contributed by atoms with E-state index < -0.39 is 51.4 Å². The minimum Gasteiger partial charge on any atom is -0.478 e. The fourth-order valence-electron chi connectivity index (χ4n) is 1.46. The molecular weight excluding hydrogens is 318 g/mol. The second kappa shape index (κ2) is 5.98. The summed E-state index contributed by atoms with van der Waals surface area (Å²) in [5.74, 6) is -2.78. The highest BCUT2D eigenvalue weighted by molar-refractivity contribution is 7.89. The number of nitrogens with one attached hydrogen (secondary N) is 1. The molecular formula is C11H11F4NO4S. The van der Waals surface area contributed by atoms with Crippen LogP contribution in [0.1, 0.15) is 22.3 Å². The summed E-state index contributed by atoms with van der Waals surface area (Å²) < 4.78 is 74.6. The summed E-state index contributed by atoms with van der Waals surface area (Å²) in [6.07, 6.45) is -5.91. The van der Waals surface area contributed by atoms with Gasteiger partial charge >= 0.3 is 12.1 Å². The number of aromatic carboxylic acids is 1. The highest BCUT2D eigenvalue weighted by Gasteiger charge is 2.28. The summed E-state index contributed by atoms with van der Waals surface area (Å²) in [6.45, 7) is 0.251. The number of carbonyl (C=O) groups is 1. The lowest BCUT2D eigenvalue weighted by molar-refractivity contribution is -0.132. The fraction of sp³-hybridized carbons (Fsp3) is 0.364. The Balaban J connectivity index is 3.07. The molecule has 0 saturated carbocycles. The molecule has 0 atom stereocenters. The summed E-state index contributed by atoms with van der Waals surface area (Å²) in [6, 6.07) is 1.40. The molecule has 1 aromatic rings. The van der Waals surface area contributed by atoms with Crippen molar-refractivity contribution < 1.29 is 35.9 Å². The molecule has 118 valence electrons. The monoisotopic (exact) mass is 329 g/mol. The molecule has 0 radical (unpaired) electrons. The zero-order valence-electron chi connectivity index (χ0n) is 10.7. The van der Waals surface area contributed by atoms with Crippen molar-refractivity contribution in [2.75, 3.05) is 6.54 Å². The molecule has 0 fully saturated rings. The molecule has 10 heteroatoms. The van der Waals surface area contributed by atoms with E-state index >= 15 is 0 Å². The molecule has 1 rings (SSSR count). The Labute approximate surface area is 117 Å². The zero-order chi connectivity index (χ0) is 16.4. The van der Waals surface area contributed by atoms with Crippen LogP contribution in [0.2, 0.25) is 0 Å². The minimum absolute atomic E-state index is 0.244. The molecule has 0 aromatic heterocycles. The topological polar surface area (TPSA) is 83.5 Å². The Bertz CT molecular complexity index is 655. The first-order chi connectivity index (χ1) is 9.44. The Morgan fingerprint density at radius 3 is 2.38 bits per heavy atom. The van der Waals surface area contributed by atoms with E-state index in [1.807, 2.05) is 0 Å². The van der Waals surface area contributed by atoms with Crippen molar-refractivity contribution in [3.8, 4) is 0 Å². The molecule has 0 aliphatic carbocycles. The molecule has 1 aromatic carbocycles. The van der Waals surface area contributed by atoms with Crippen LogP contribution in [0.3, 0.4) is 0 Å². The van der Waals surface area contributed by atoms with Gasteiger partial charge in [-0.1, -0.05) is 0 Å². The van der Waals surface area contributed by atoms with E-state index in [-0.39, 0.29) is 5.56 Å². The standard InChI is InChI=1S/C11H11F4NO4S/c1-6-4-7(5-8(9(6)12)10(17)18)21(19,20)16-3-2-11(13,14)15/h4-5,16H,2-3H2,1H3,(H,17,18). The number of halogens is 4. The molecule has 5 nitrogen and oxygen atoms in total. The predicted molar refractivity (Wildman–Crippen MR) is 64.0 cm³/mol. The smallest absolute Gasteiger partial charge is 0.390 e. The number of benzene rings is 1. The minimum atomic E-state index is -4.53. The number of carboxylic acid groups (broad SMARTS) is 1. The van der Waals surface area contributed by atoms with Crippen molar-refractivity contribution in [2.24, 2.45) is 0 Å². The molecule has 0 aliphatic heterocycles. The first-order valence-electron chi connectivity index (χ1n) is 5.54. The van der Waals surface area contributed by atoms with Crippen molar-refractivity contribution >= 4 is 16.0 Å². The van der Waals surface area contributed by atoms with Crippen LogP contribution in [-0.4, -0.2) is 32.2 Å². The third-order valence-electron chi connectivity index (χ3n) is 2.47. The first kappa shape index (κ1) is 17.4. The molecule has 0 spiro atoms. The number of aryl methyl sites for hydroxylation is 1. The van der Waals surface area contributed by atoms with Crippen molar-refractivity contribution in [3.63, 3.8) is 0 Å². The van der Waals surface area contributed by atoms with E-state index in [9.17, 15) is 30.8 Å². The predicted octanol–water partition coefficient (Wildman–Crippen LogP) is 2.06. The number of sulfonamides is 1. The van der Waals surface area contributed by atoms with Crippen LogP contribution in [0.15, 0.2) is 17.0 Å². The van der Waals surface area contributed by atoms with Crippen LogP contribution in [0, 0.1) is 12.7 Å². The molecule has 0 aliphatic rings. The summed E-state index contributed by atoms with van der Waals surface area (Å²) in [4.78, 5) is 10.2. The van der Waals surface area contributed by atoms with E-state index in [4.69, 9.17) is 5.11 Å². The van der Waals surface area contributed by atoms with E-state index in [0.29, 0.717) is 6.07 Å². The van der Waals surface area contributed by atoms with Crippen LogP contribution in [0.5, 0.6) is 0 Å². The van der Waals surface area contributed by atoms with Crippen LogP contribution in [0.25, 0.3) is 0 Å². The van der Waals surface area contributed by atoms with Crippen molar-refractivity contribution in [1.29, 1.82) is 0 Å². The van der Waals surface area contributed by atoms with E-state index in [1.165, 1.54) is 0 Å². The highest BCUT2D eigenvalue weighted by atomic mass is 32.2. The highest BCUT2D eigenvalue weighted by Crippen LogP contribution is 2.21. The van der Waals surface area contributed by atoms with Gasteiger partial charge in [0.05, 0.1) is 16.9 Å². The summed E-state index contributed by atoms with van der Waals surface area (Å²) in [7, 11) is -4.36. The van der Waals surface area contributed by atoms with Gasteiger partial charge in [-0.3, -0.25) is 0 Å². The van der Waals surface area contributed by atoms with Gasteiger partial charge in [0.1, 0.15) is 5.82 Å². The quantitative estimate of drug-likeness (QED) is 0.810. The van der Waals surface area contributed by atoms with Gasteiger partial charge in [-0.2, -0.15) is 13.2 Å². The number of carboxylic acids is 1. The van der Waals surface area contributed by atoms with Crippen LogP contribution in [-0.2, 0) is 10.0 Å². The normalized spacial score (nSPS) is 12.4. The Morgan fingerprint density at radius 2 is 1.90 bits per heavy atom. The molecule has 0 amide bonds. The Morgan fingerprint density at radius 1 is 1.33 bits per heavy atom. The molecule has 0 unspecified atom stereocenters. The zero-order valence-corrected chi connectivity index (χ0v) is 11.5. The Kier molecular flexibility index (Phi) is 4.95. The summed E-state index contributed by atoms with van der Waals surface area (Å²) in [5.41, 5.74) is -1.11. The van der Waals surface area contributed by atoms with Gasteiger partial charge in [-0.25, -0.2) is 22.3 Å². The van der Waals surface area contributed by atoms with Gasteiger partial charge < -0.3 is 5.11 Å². The molecule has 21 heavy (non-hydrogen) atoms. The van der Waals surface area contributed by atoms with E-state index in [0.717, 1.165) is 13.0 Å². The van der Waals surface area contributed by atoms with Gasteiger partial charge in [-0.05, 0) is 24.6 Å². The number of hydrogen-bond donors (Lipinski definition) is 2. The van der Waals surface area contributed by atoms with Crippen molar-refractivity contribution in [2.45, 2.75) is 24.4 Å². The van der Waals surface area contributed by atoms with E-state index in [1.54, 1.807) is 4.72 Å². The first-order valence-corrected chi connectivity index (χ1v) is 7.02. The van der Waals surface area contributed by atoms with Crippen LogP contribution < -0.4 is 4.72 Å². The second-order valence-electron chi connectivity index (χ2n) is 4.17. The largest absolute Gasteiger partial charge is 0.478 e. The molecule has 0 bridgehead atoms. The third-order valence-corrected chi connectivity index (χ3v) is 3.91. The maximum atomic E-state index is 13.5. The van der Waals surface area contributed by atoms with Crippen LogP contribution >= 0.6 is 0 Å². The van der Waals surface area contributed by atoms with Crippen LogP contribution in [0.4, 0.5) is 17.6 Å². The maximum Gasteiger partial charge on any atom is 0.390 e. The average Bonchev–Trinajstić information content (AvgIpc) is 2.29.